The summed E-state index contributed by atoms with van der Waals surface area (Å²) >= 11 is 0. The molecule has 0 atom stereocenters. The molecule has 1 saturated heterocycles. The first-order valence-electron chi connectivity index (χ1n) is 10.5. The number of para-hydroxylation sites is 1. The lowest BCUT2D eigenvalue weighted by molar-refractivity contribution is 0.331. The smallest absolute Gasteiger partial charge is 0.265 e. The molecule has 0 radical (unpaired) electrons. The summed E-state index contributed by atoms with van der Waals surface area (Å²) in [5.74, 6) is 1.21. The van der Waals surface area contributed by atoms with Crippen LogP contribution in [0.15, 0.2) is 65.6 Å². The first-order chi connectivity index (χ1) is 15.1. The van der Waals surface area contributed by atoms with Crippen molar-refractivity contribution in [2.75, 3.05) is 29.3 Å². The van der Waals surface area contributed by atoms with Gasteiger partial charge in [-0.2, -0.15) is 0 Å². The molecule has 0 saturated carbocycles. The van der Waals surface area contributed by atoms with Crippen molar-refractivity contribution in [1.29, 1.82) is 0 Å². The molecule has 0 aliphatic carbocycles. The van der Waals surface area contributed by atoms with Crippen molar-refractivity contribution in [1.82, 2.24) is 10.2 Å². The molecule has 1 fully saturated rings. The summed E-state index contributed by atoms with van der Waals surface area (Å²) in [4.78, 5) is 2.36. The molecule has 0 amide bonds. The molecule has 7 nitrogen and oxygen atoms in total. The van der Waals surface area contributed by atoms with Crippen LogP contribution in [0.1, 0.15) is 26.2 Å². The van der Waals surface area contributed by atoms with Crippen LogP contribution in [-0.4, -0.2) is 38.3 Å². The Morgan fingerprint density at radius 2 is 1.77 bits per heavy atom. The fraction of sp³-hybridized carbons (Fsp3) is 0.304. The summed E-state index contributed by atoms with van der Waals surface area (Å²) in [5, 5.41) is 8.75. The Kier molecular flexibility index (Phi) is 6.36. The Bertz CT molecular complexity index is 1130. The first kappa shape index (κ1) is 21.1. The third kappa shape index (κ3) is 4.96. The Balaban J connectivity index is 1.55. The van der Waals surface area contributed by atoms with Gasteiger partial charge in [0.25, 0.3) is 10.0 Å². The second-order valence-corrected chi connectivity index (χ2v) is 9.04. The lowest BCUT2D eigenvalue weighted by atomic mass is 10.1. The number of rotatable bonds is 7. The van der Waals surface area contributed by atoms with E-state index in [-0.39, 0.29) is 4.90 Å². The molecule has 3 aromatic rings. The van der Waals surface area contributed by atoms with Crippen molar-refractivity contribution in [3.05, 3.63) is 60.7 Å². The molecule has 0 bridgehead atoms. The normalized spacial score (nSPS) is 14.3. The lowest BCUT2D eigenvalue weighted by Crippen LogP contribution is -2.30. The zero-order valence-corrected chi connectivity index (χ0v) is 18.3. The van der Waals surface area contributed by atoms with Crippen LogP contribution in [0, 0.1) is 0 Å². The molecule has 2 heterocycles. The maximum absolute atomic E-state index is 12.9. The monoisotopic (exact) mass is 438 g/mol. The molecule has 162 valence electrons. The largest absolute Gasteiger partial charge is 0.492 e. The van der Waals surface area contributed by atoms with Gasteiger partial charge in [0.15, 0.2) is 5.82 Å². The zero-order chi connectivity index (χ0) is 21.7. The van der Waals surface area contributed by atoms with Crippen molar-refractivity contribution in [3.8, 4) is 17.0 Å². The SMILES string of the molecule is CCOc1ccccc1S(=O)(=O)Nc1cccc(-c2ccc(N3CCCCC3)nn2)c1. The fourth-order valence-corrected chi connectivity index (χ4v) is 4.87. The van der Waals surface area contributed by atoms with Gasteiger partial charge < -0.3 is 9.64 Å². The zero-order valence-electron chi connectivity index (χ0n) is 17.5. The van der Waals surface area contributed by atoms with Crippen molar-refractivity contribution in [3.63, 3.8) is 0 Å². The predicted octanol–water partition coefficient (Wildman–Crippen LogP) is 4.33. The Morgan fingerprint density at radius 3 is 2.52 bits per heavy atom. The van der Waals surface area contributed by atoms with E-state index >= 15 is 0 Å². The highest BCUT2D eigenvalue weighted by Crippen LogP contribution is 2.28. The van der Waals surface area contributed by atoms with E-state index in [0.717, 1.165) is 24.5 Å². The number of piperidine rings is 1. The Labute approximate surface area is 183 Å². The summed E-state index contributed by atoms with van der Waals surface area (Å²) in [6.45, 7) is 4.22. The third-order valence-electron chi connectivity index (χ3n) is 5.18. The third-order valence-corrected chi connectivity index (χ3v) is 6.60. The quantitative estimate of drug-likeness (QED) is 0.591. The number of hydrogen-bond acceptors (Lipinski definition) is 6. The second kappa shape index (κ2) is 9.34. The highest BCUT2D eigenvalue weighted by Gasteiger charge is 2.20. The van der Waals surface area contributed by atoms with E-state index in [9.17, 15) is 8.42 Å². The van der Waals surface area contributed by atoms with E-state index in [1.54, 1.807) is 36.4 Å². The van der Waals surface area contributed by atoms with Crippen LogP contribution in [0.5, 0.6) is 5.75 Å². The van der Waals surface area contributed by atoms with Crippen LogP contribution < -0.4 is 14.4 Å². The van der Waals surface area contributed by atoms with Gasteiger partial charge in [0.2, 0.25) is 0 Å². The van der Waals surface area contributed by atoms with E-state index in [1.165, 1.54) is 25.3 Å². The van der Waals surface area contributed by atoms with Crippen LogP contribution >= 0.6 is 0 Å². The lowest BCUT2D eigenvalue weighted by Gasteiger charge is -2.27. The summed E-state index contributed by atoms with van der Waals surface area (Å²) in [5.41, 5.74) is 1.93. The minimum atomic E-state index is -3.80. The van der Waals surface area contributed by atoms with Crippen molar-refractivity contribution in [2.45, 2.75) is 31.1 Å². The number of anilines is 2. The van der Waals surface area contributed by atoms with Crippen LogP contribution in [0.4, 0.5) is 11.5 Å². The van der Waals surface area contributed by atoms with Gasteiger partial charge in [-0.3, -0.25) is 4.72 Å². The number of hydrogen-bond donors (Lipinski definition) is 1. The maximum atomic E-state index is 12.9. The van der Waals surface area contributed by atoms with Crippen molar-refractivity contribution in [2.24, 2.45) is 0 Å². The summed E-state index contributed by atoms with van der Waals surface area (Å²) in [6, 6.07) is 17.6. The molecular weight excluding hydrogens is 412 g/mol. The van der Waals surface area contributed by atoms with Crippen LogP contribution in [0.2, 0.25) is 0 Å². The molecule has 1 aliphatic heterocycles. The molecule has 4 rings (SSSR count). The average molecular weight is 439 g/mol. The minimum absolute atomic E-state index is 0.105. The van der Waals surface area contributed by atoms with Crippen LogP contribution in [-0.2, 0) is 10.0 Å². The number of sulfonamides is 1. The van der Waals surface area contributed by atoms with Gasteiger partial charge in [0.05, 0.1) is 12.3 Å². The summed E-state index contributed by atoms with van der Waals surface area (Å²) in [7, 11) is -3.80. The van der Waals surface area contributed by atoms with Crippen LogP contribution in [0.3, 0.4) is 0 Å². The molecule has 1 N–H and O–H groups in total. The molecule has 2 aromatic carbocycles. The molecule has 1 aromatic heterocycles. The second-order valence-electron chi connectivity index (χ2n) is 7.39. The van der Waals surface area contributed by atoms with Crippen molar-refractivity contribution >= 4 is 21.5 Å². The number of benzene rings is 2. The van der Waals surface area contributed by atoms with Crippen LogP contribution in [0.25, 0.3) is 11.3 Å². The number of nitrogens with one attached hydrogen (secondary N) is 1. The molecule has 0 spiro atoms. The molecule has 0 unspecified atom stereocenters. The van der Waals surface area contributed by atoms with E-state index in [1.807, 2.05) is 25.1 Å². The number of nitrogens with zero attached hydrogens (tertiary/aromatic N) is 3. The Morgan fingerprint density at radius 1 is 0.968 bits per heavy atom. The number of aromatic nitrogens is 2. The molecule has 31 heavy (non-hydrogen) atoms. The van der Waals surface area contributed by atoms with E-state index < -0.39 is 10.0 Å². The highest BCUT2D eigenvalue weighted by molar-refractivity contribution is 7.92. The number of ether oxygens (including phenoxy) is 1. The van der Waals surface area contributed by atoms with Gasteiger partial charge in [0, 0.05) is 24.3 Å². The first-order valence-corrected chi connectivity index (χ1v) is 12.0. The molecule has 1 aliphatic rings. The molecular formula is C23H26N4O3S. The standard InChI is InChI=1S/C23H26N4O3S/c1-2-30-21-11-4-5-12-22(21)31(28,29)26-19-10-8-9-18(17-19)20-13-14-23(25-24-20)27-15-6-3-7-16-27/h4-5,8-14,17,26H,2-3,6-7,15-16H2,1H3. The van der Waals surface area contributed by atoms with E-state index in [0.29, 0.717) is 23.7 Å². The van der Waals surface area contributed by atoms with Gasteiger partial charge in [0.1, 0.15) is 10.6 Å². The van der Waals surface area contributed by atoms with E-state index in [2.05, 4.69) is 19.8 Å². The summed E-state index contributed by atoms with van der Waals surface area (Å²) < 4.78 is 34.0. The minimum Gasteiger partial charge on any atom is -0.492 e. The van der Waals surface area contributed by atoms with Crippen molar-refractivity contribution < 1.29 is 13.2 Å². The van der Waals surface area contributed by atoms with Gasteiger partial charge in [-0.1, -0.05) is 24.3 Å². The fourth-order valence-electron chi connectivity index (χ4n) is 3.67. The Hall–Kier alpha value is -3.13. The summed E-state index contributed by atoms with van der Waals surface area (Å²) in [6.07, 6.45) is 3.62. The maximum Gasteiger partial charge on any atom is 0.265 e. The van der Waals surface area contributed by atoms with Gasteiger partial charge in [-0.15, -0.1) is 10.2 Å². The van der Waals surface area contributed by atoms with Gasteiger partial charge in [-0.05, 0) is 62.6 Å². The van der Waals surface area contributed by atoms with E-state index in [4.69, 9.17) is 4.74 Å². The highest BCUT2D eigenvalue weighted by atomic mass is 32.2. The molecule has 8 heteroatoms. The predicted molar refractivity (Wildman–Crippen MR) is 122 cm³/mol. The average Bonchev–Trinajstić information content (AvgIpc) is 2.80. The van der Waals surface area contributed by atoms with Gasteiger partial charge in [-0.25, -0.2) is 8.42 Å². The van der Waals surface area contributed by atoms with Gasteiger partial charge >= 0.3 is 0 Å². The topological polar surface area (TPSA) is 84.4 Å².